The molecule has 0 saturated carbocycles. The first-order valence-electron chi connectivity index (χ1n) is 7.77. The van der Waals surface area contributed by atoms with Gasteiger partial charge in [0, 0.05) is 24.6 Å². The first kappa shape index (κ1) is 13.9. The maximum Gasteiger partial charge on any atom is 0.261 e. The average Bonchev–Trinajstić information content (AvgIpc) is 2.83. The summed E-state index contributed by atoms with van der Waals surface area (Å²) in [6.07, 6.45) is 6.52. The number of allylic oxidation sites excluding steroid dienone is 3. The van der Waals surface area contributed by atoms with Gasteiger partial charge in [0.2, 0.25) is 5.91 Å². The van der Waals surface area contributed by atoms with Crippen LogP contribution >= 0.6 is 0 Å². The zero-order valence-corrected chi connectivity index (χ0v) is 12.5. The summed E-state index contributed by atoms with van der Waals surface area (Å²) < 4.78 is 0. The zero-order chi connectivity index (χ0) is 16.0. The third kappa shape index (κ3) is 2.11. The molecule has 1 saturated heterocycles. The summed E-state index contributed by atoms with van der Waals surface area (Å²) >= 11 is 0. The second-order valence-corrected chi connectivity index (χ2v) is 6.13. The minimum atomic E-state index is -0.237. The monoisotopic (exact) mass is 308 g/mol. The Labute approximate surface area is 133 Å². The van der Waals surface area contributed by atoms with Crippen LogP contribution in [0.1, 0.15) is 27.1 Å². The Morgan fingerprint density at radius 3 is 2.48 bits per heavy atom. The SMILES string of the molecule is O=C1NCC(CN2C(=O)c3ccccc3C2=O)C2CC=CC=C12. The molecule has 116 valence electrons. The molecule has 1 aromatic carbocycles. The summed E-state index contributed by atoms with van der Waals surface area (Å²) in [5.41, 5.74) is 1.69. The fraction of sp³-hybridized carbons (Fsp3) is 0.278. The first-order valence-corrected chi connectivity index (χ1v) is 7.77. The number of amides is 3. The smallest absolute Gasteiger partial charge is 0.261 e. The van der Waals surface area contributed by atoms with Crippen molar-refractivity contribution < 1.29 is 14.4 Å². The fourth-order valence-corrected chi connectivity index (χ4v) is 3.64. The van der Waals surface area contributed by atoms with Crippen LogP contribution in [0.15, 0.2) is 48.1 Å². The van der Waals surface area contributed by atoms with Gasteiger partial charge in [0.25, 0.3) is 11.8 Å². The number of piperidine rings is 1. The molecule has 1 aliphatic carbocycles. The van der Waals surface area contributed by atoms with E-state index in [-0.39, 0.29) is 29.6 Å². The van der Waals surface area contributed by atoms with Crippen molar-refractivity contribution >= 4 is 17.7 Å². The number of carbonyl (C=O) groups excluding carboxylic acids is 3. The molecule has 1 fully saturated rings. The standard InChI is InChI=1S/C18H16N2O3/c21-16-13-6-2-1-5-12(13)11(9-19-16)10-20-17(22)14-7-3-4-8-15(14)18(20)23/h1-4,6-8,11-12H,5,9-10H2,(H,19,21). The number of rotatable bonds is 2. The Morgan fingerprint density at radius 2 is 1.78 bits per heavy atom. The highest BCUT2D eigenvalue weighted by molar-refractivity contribution is 6.21. The summed E-state index contributed by atoms with van der Waals surface area (Å²) in [7, 11) is 0. The van der Waals surface area contributed by atoms with E-state index in [9.17, 15) is 14.4 Å². The summed E-state index contributed by atoms with van der Waals surface area (Å²) in [6, 6.07) is 6.90. The average molecular weight is 308 g/mol. The number of hydrogen-bond acceptors (Lipinski definition) is 3. The molecule has 0 radical (unpaired) electrons. The van der Waals surface area contributed by atoms with Crippen molar-refractivity contribution in [2.75, 3.05) is 13.1 Å². The van der Waals surface area contributed by atoms with Gasteiger partial charge in [0.15, 0.2) is 0 Å². The molecule has 2 aliphatic heterocycles. The van der Waals surface area contributed by atoms with E-state index >= 15 is 0 Å². The van der Waals surface area contributed by atoms with E-state index in [0.29, 0.717) is 24.2 Å². The predicted octanol–water partition coefficient (Wildman–Crippen LogP) is 1.53. The predicted molar refractivity (Wildman–Crippen MR) is 83.6 cm³/mol. The van der Waals surface area contributed by atoms with Gasteiger partial charge in [-0.15, -0.1) is 0 Å². The molecule has 2 atom stereocenters. The van der Waals surface area contributed by atoms with Crippen LogP contribution in [0.2, 0.25) is 0 Å². The number of benzene rings is 1. The lowest BCUT2D eigenvalue weighted by Crippen LogP contribution is -2.48. The highest BCUT2D eigenvalue weighted by atomic mass is 16.2. The molecule has 5 heteroatoms. The summed E-state index contributed by atoms with van der Waals surface area (Å²) in [4.78, 5) is 38.3. The van der Waals surface area contributed by atoms with Crippen molar-refractivity contribution in [3.05, 3.63) is 59.2 Å². The van der Waals surface area contributed by atoms with E-state index < -0.39 is 0 Å². The number of nitrogens with zero attached hydrogens (tertiary/aromatic N) is 1. The lowest BCUT2D eigenvalue weighted by atomic mass is 9.77. The minimum Gasteiger partial charge on any atom is -0.352 e. The van der Waals surface area contributed by atoms with Gasteiger partial charge in [-0.05, 0) is 24.5 Å². The Balaban J connectivity index is 1.59. The number of imide groups is 1. The van der Waals surface area contributed by atoms with Crippen molar-refractivity contribution in [2.45, 2.75) is 6.42 Å². The van der Waals surface area contributed by atoms with E-state index in [0.717, 1.165) is 12.0 Å². The van der Waals surface area contributed by atoms with E-state index in [1.165, 1.54) is 4.90 Å². The Bertz CT molecular complexity index is 743. The van der Waals surface area contributed by atoms with Crippen molar-refractivity contribution in [1.29, 1.82) is 0 Å². The lowest BCUT2D eigenvalue weighted by Gasteiger charge is -2.36. The van der Waals surface area contributed by atoms with Crippen molar-refractivity contribution in [1.82, 2.24) is 10.2 Å². The Kier molecular flexibility index (Phi) is 3.15. The molecule has 0 aromatic heterocycles. The normalized spacial score (nSPS) is 25.8. The highest BCUT2D eigenvalue weighted by Gasteiger charge is 2.40. The van der Waals surface area contributed by atoms with Crippen LogP contribution in [0.25, 0.3) is 0 Å². The van der Waals surface area contributed by atoms with E-state index in [4.69, 9.17) is 0 Å². The molecule has 2 unspecified atom stereocenters. The van der Waals surface area contributed by atoms with E-state index in [2.05, 4.69) is 5.32 Å². The summed E-state index contributed by atoms with van der Waals surface area (Å²) in [5.74, 6) is -0.402. The van der Waals surface area contributed by atoms with Crippen molar-refractivity contribution in [3.8, 4) is 0 Å². The molecule has 0 spiro atoms. The Morgan fingerprint density at radius 1 is 1.09 bits per heavy atom. The summed E-state index contributed by atoms with van der Waals surface area (Å²) in [6.45, 7) is 0.824. The van der Waals surface area contributed by atoms with Crippen LogP contribution in [-0.4, -0.2) is 35.7 Å². The molecule has 2 heterocycles. The van der Waals surface area contributed by atoms with Gasteiger partial charge in [-0.2, -0.15) is 0 Å². The second kappa shape index (κ2) is 5.19. The molecule has 23 heavy (non-hydrogen) atoms. The highest BCUT2D eigenvalue weighted by Crippen LogP contribution is 2.33. The van der Waals surface area contributed by atoms with Crippen LogP contribution in [0.5, 0.6) is 0 Å². The molecule has 3 amide bonds. The second-order valence-electron chi connectivity index (χ2n) is 6.13. The van der Waals surface area contributed by atoms with Gasteiger partial charge in [0.05, 0.1) is 11.1 Å². The third-order valence-electron chi connectivity index (χ3n) is 4.85. The number of nitrogens with one attached hydrogen (secondary N) is 1. The van der Waals surface area contributed by atoms with Crippen molar-refractivity contribution in [3.63, 3.8) is 0 Å². The summed E-state index contributed by atoms with van der Waals surface area (Å²) in [5, 5.41) is 2.87. The van der Waals surface area contributed by atoms with Gasteiger partial charge in [0.1, 0.15) is 0 Å². The van der Waals surface area contributed by atoms with Crippen LogP contribution in [0.4, 0.5) is 0 Å². The molecule has 0 bridgehead atoms. The molecule has 1 aromatic rings. The van der Waals surface area contributed by atoms with Gasteiger partial charge in [-0.25, -0.2) is 0 Å². The molecule has 1 N–H and O–H groups in total. The number of carbonyl (C=O) groups is 3. The minimum absolute atomic E-state index is 0.0436. The van der Waals surface area contributed by atoms with Crippen LogP contribution in [0, 0.1) is 11.8 Å². The third-order valence-corrected chi connectivity index (χ3v) is 4.85. The molecule has 4 rings (SSSR count). The Hall–Kier alpha value is -2.69. The lowest BCUT2D eigenvalue weighted by molar-refractivity contribution is -0.119. The molecule has 3 aliphatic rings. The van der Waals surface area contributed by atoms with Crippen LogP contribution in [0.3, 0.4) is 0 Å². The maximum atomic E-state index is 12.5. The molecule has 5 nitrogen and oxygen atoms in total. The van der Waals surface area contributed by atoms with Crippen LogP contribution in [-0.2, 0) is 4.79 Å². The first-order chi connectivity index (χ1) is 11.2. The van der Waals surface area contributed by atoms with Gasteiger partial charge in [-0.1, -0.05) is 30.4 Å². The van der Waals surface area contributed by atoms with E-state index in [1.54, 1.807) is 24.3 Å². The number of hydrogen-bond donors (Lipinski definition) is 1. The van der Waals surface area contributed by atoms with Crippen molar-refractivity contribution in [2.24, 2.45) is 11.8 Å². The van der Waals surface area contributed by atoms with Gasteiger partial charge >= 0.3 is 0 Å². The van der Waals surface area contributed by atoms with Gasteiger partial charge in [-0.3, -0.25) is 19.3 Å². The fourth-order valence-electron chi connectivity index (χ4n) is 3.64. The maximum absolute atomic E-state index is 12.5. The van der Waals surface area contributed by atoms with Crippen LogP contribution < -0.4 is 5.32 Å². The number of fused-ring (bicyclic) bond motifs is 2. The van der Waals surface area contributed by atoms with Gasteiger partial charge < -0.3 is 5.32 Å². The zero-order valence-electron chi connectivity index (χ0n) is 12.5. The van der Waals surface area contributed by atoms with E-state index in [1.807, 2.05) is 18.2 Å². The molecular formula is C18H16N2O3. The topological polar surface area (TPSA) is 66.5 Å². The molecular weight excluding hydrogens is 292 g/mol. The largest absolute Gasteiger partial charge is 0.352 e. The quantitative estimate of drug-likeness (QED) is 0.843.